The van der Waals surface area contributed by atoms with E-state index in [0.717, 1.165) is 22.4 Å². The van der Waals surface area contributed by atoms with Crippen LogP contribution >= 0.6 is 12.2 Å². The molecule has 0 aliphatic rings. The van der Waals surface area contributed by atoms with Gasteiger partial charge in [0.25, 0.3) is 0 Å². The van der Waals surface area contributed by atoms with E-state index >= 15 is 0 Å². The molecule has 98 valence electrons. The van der Waals surface area contributed by atoms with Crippen LogP contribution in [0.2, 0.25) is 0 Å². The summed E-state index contributed by atoms with van der Waals surface area (Å²) >= 11 is 4.68. The van der Waals surface area contributed by atoms with Gasteiger partial charge in [0.2, 0.25) is 0 Å². The summed E-state index contributed by atoms with van der Waals surface area (Å²) in [5.74, 6) is 1.29. The third-order valence-electron chi connectivity index (χ3n) is 2.62. The van der Waals surface area contributed by atoms with Gasteiger partial charge in [0.15, 0.2) is 5.11 Å². The molecule has 0 atom stereocenters. The van der Waals surface area contributed by atoms with Gasteiger partial charge in [-0.15, -0.1) is 0 Å². The van der Waals surface area contributed by atoms with Crippen molar-refractivity contribution in [2.45, 2.75) is 26.7 Å². The Morgan fingerprint density at radius 2 is 2.17 bits per heavy atom. The van der Waals surface area contributed by atoms with Crippen molar-refractivity contribution in [2.75, 3.05) is 7.11 Å². The van der Waals surface area contributed by atoms with Gasteiger partial charge in [0, 0.05) is 0 Å². The van der Waals surface area contributed by atoms with E-state index in [-0.39, 0.29) is 5.11 Å². The predicted molar refractivity (Wildman–Crippen MR) is 79.3 cm³/mol. The fourth-order valence-electron chi connectivity index (χ4n) is 1.65. The van der Waals surface area contributed by atoms with Crippen LogP contribution in [-0.2, 0) is 0 Å². The molecule has 1 rings (SSSR count). The lowest BCUT2D eigenvalue weighted by atomic mass is 9.97. The van der Waals surface area contributed by atoms with Crippen molar-refractivity contribution in [3.05, 3.63) is 28.8 Å². The molecule has 5 heteroatoms. The zero-order valence-corrected chi connectivity index (χ0v) is 12.0. The maximum atomic E-state index is 5.38. The highest BCUT2D eigenvalue weighted by atomic mass is 32.1. The molecule has 0 aliphatic heterocycles. The molecular formula is C13H19N3OS. The minimum Gasteiger partial charge on any atom is -0.496 e. The Balaban J connectivity index is 3.09. The third kappa shape index (κ3) is 3.70. The summed E-state index contributed by atoms with van der Waals surface area (Å²) < 4.78 is 5.38. The van der Waals surface area contributed by atoms with Crippen molar-refractivity contribution in [1.82, 2.24) is 5.43 Å². The monoisotopic (exact) mass is 265 g/mol. The highest BCUT2D eigenvalue weighted by Crippen LogP contribution is 2.28. The van der Waals surface area contributed by atoms with Crippen molar-refractivity contribution in [3.8, 4) is 5.75 Å². The summed E-state index contributed by atoms with van der Waals surface area (Å²) in [6.45, 7) is 6.26. The second-order valence-corrected chi connectivity index (χ2v) is 4.78. The Labute approximate surface area is 113 Å². The summed E-state index contributed by atoms with van der Waals surface area (Å²) in [6.07, 6.45) is 1.71. The lowest BCUT2D eigenvalue weighted by Crippen LogP contribution is -2.24. The van der Waals surface area contributed by atoms with Gasteiger partial charge < -0.3 is 10.5 Å². The molecule has 0 radical (unpaired) electrons. The first-order valence-corrected chi connectivity index (χ1v) is 6.13. The molecular weight excluding hydrogens is 246 g/mol. The smallest absolute Gasteiger partial charge is 0.184 e. The van der Waals surface area contributed by atoms with Crippen molar-refractivity contribution in [3.63, 3.8) is 0 Å². The molecule has 1 aromatic rings. The molecule has 1 aromatic carbocycles. The first-order chi connectivity index (χ1) is 8.45. The standard InChI is InChI=1S/C13H19N3OS/c1-8(2)11-6-10(7-15-16-13(14)18)9(3)5-12(11)17-4/h5-8H,1-4H3,(H3,14,16,18)/b15-7-. The number of benzene rings is 1. The highest BCUT2D eigenvalue weighted by molar-refractivity contribution is 7.80. The van der Waals surface area contributed by atoms with Crippen molar-refractivity contribution < 1.29 is 4.74 Å². The molecule has 0 amide bonds. The zero-order chi connectivity index (χ0) is 13.7. The molecule has 0 bridgehead atoms. The molecule has 0 unspecified atom stereocenters. The zero-order valence-electron chi connectivity index (χ0n) is 11.2. The number of nitrogens with zero attached hydrogens (tertiary/aromatic N) is 1. The molecule has 18 heavy (non-hydrogen) atoms. The maximum Gasteiger partial charge on any atom is 0.184 e. The van der Waals surface area contributed by atoms with Crippen LogP contribution in [0.5, 0.6) is 5.75 Å². The topological polar surface area (TPSA) is 59.6 Å². The summed E-state index contributed by atoms with van der Waals surface area (Å²) in [5.41, 5.74) is 11.1. The Hall–Kier alpha value is -1.62. The van der Waals surface area contributed by atoms with Crippen LogP contribution in [0.4, 0.5) is 0 Å². The summed E-state index contributed by atoms with van der Waals surface area (Å²) in [7, 11) is 1.68. The first-order valence-electron chi connectivity index (χ1n) is 5.72. The van der Waals surface area contributed by atoms with Gasteiger partial charge in [-0.1, -0.05) is 13.8 Å². The van der Waals surface area contributed by atoms with E-state index < -0.39 is 0 Å². The summed E-state index contributed by atoms with van der Waals surface area (Å²) in [5, 5.41) is 4.13. The van der Waals surface area contributed by atoms with Gasteiger partial charge in [0.1, 0.15) is 5.75 Å². The van der Waals surface area contributed by atoms with Gasteiger partial charge in [-0.3, -0.25) is 5.43 Å². The molecule has 0 spiro atoms. The van der Waals surface area contributed by atoms with Crippen LogP contribution in [0.15, 0.2) is 17.2 Å². The van der Waals surface area contributed by atoms with Crippen LogP contribution in [-0.4, -0.2) is 18.4 Å². The molecule has 4 nitrogen and oxygen atoms in total. The molecule has 3 N–H and O–H groups in total. The second-order valence-electron chi connectivity index (χ2n) is 4.34. The van der Waals surface area contributed by atoms with Crippen LogP contribution in [0.3, 0.4) is 0 Å². The molecule has 0 fully saturated rings. The first kappa shape index (κ1) is 14.4. The number of hydrogen-bond acceptors (Lipinski definition) is 3. The van der Waals surface area contributed by atoms with E-state index in [9.17, 15) is 0 Å². The number of ether oxygens (including phenoxy) is 1. The number of hydrazone groups is 1. The van der Waals surface area contributed by atoms with E-state index in [0.29, 0.717) is 5.92 Å². The minimum atomic E-state index is 0.154. The Morgan fingerprint density at radius 1 is 1.50 bits per heavy atom. The average Bonchev–Trinajstić information content (AvgIpc) is 2.29. The number of nitrogens with one attached hydrogen (secondary N) is 1. The number of methoxy groups -OCH3 is 1. The number of thiocarbonyl (C=S) groups is 1. The van der Waals surface area contributed by atoms with Gasteiger partial charge in [-0.25, -0.2) is 0 Å². The van der Waals surface area contributed by atoms with E-state index in [4.69, 9.17) is 10.5 Å². The van der Waals surface area contributed by atoms with Gasteiger partial charge in [0.05, 0.1) is 13.3 Å². The largest absolute Gasteiger partial charge is 0.496 e. The Kier molecular flexibility index (Phi) is 5.09. The molecule has 0 saturated carbocycles. The van der Waals surface area contributed by atoms with Crippen LogP contribution in [0.1, 0.15) is 36.5 Å². The van der Waals surface area contributed by atoms with Crippen LogP contribution < -0.4 is 15.9 Å². The number of rotatable bonds is 4. The van der Waals surface area contributed by atoms with E-state index in [1.54, 1.807) is 13.3 Å². The molecule has 0 aliphatic carbocycles. The molecule has 0 heterocycles. The SMILES string of the molecule is COc1cc(C)c(/C=N\NC(N)=S)cc1C(C)C. The van der Waals surface area contributed by atoms with Gasteiger partial charge >= 0.3 is 0 Å². The van der Waals surface area contributed by atoms with Crippen LogP contribution in [0, 0.1) is 6.92 Å². The van der Waals surface area contributed by atoms with Crippen molar-refractivity contribution >= 4 is 23.5 Å². The quantitative estimate of drug-likeness (QED) is 0.498. The summed E-state index contributed by atoms with van der Waals surface area (Å²) in [6, 6.07) is 4.08. The lowest BCUT2D eigenvalue weighted by molar-refractivity contribution is 0.407. The minimum absolute atomic E-state index is 0.154. The van der Waals surface area contributed by atoms with Crippen molar-refractivity contribution in [1.29, 1.82) is 0 Å². The van der Waals surface area contributed by atoms with Gasteiger partial charge in [-0.05, 0) is 53.9 Å². The number of aryl methyl sites for hydroxylation is 1. The Bertz CT molecular complexity index is 470. The van der Waals surface area contributed by atoms with Crippen molar-refractivity contribution in [2.24, 2.45) is 10.8 Å². The maximum absolute atomic E-state index is 5.38. The van der Waals surface area contributed by atoms with E-state index in [1.807, 2.05) is 13.0 Å². The lowest BCUT2D eigenvalue weighted by Gasteiger charge is -2.14. The number of hydrogen-bond donors (Lipinski definition) is 2. The molecule has 0 aromatic heterocycles. The molecule has 0 saturated heterocycles. The predicted octanol–water partition coefficient (Wildman–Crippen LogP) is 2.29. The fraction of sp³-hybridized carbons (Fsp3) is 0.385. The summed E-state index contributed by atoms with van der Waals surface area (Å²) in [4.78, 5) is 0. The second kappa shape index (κ2) is 6.35. The number of nitrogens with two attached hydrogens (primary N) is 1. The van der Waals surface area contributed by atoms with Gasteiger partial charge in [-0.2, -0.15) is 5.10 Å². The fourth-order valence-corrected chi connectivity index (χ4v) is 1.70. The average molecular weight is 265 g/mol. The third-order valence-corrected chi connectivity index (χ3v) is 2.71. The van der Waals surface area contributed by atoms with E-state index in [2.05, 4.69) is 42.7 Å². The van der Waals surface area contributed by atoms with Crippen LogP contribution in [0.25, 0.3) is 0 Å². The highest BCUT2D eigenvalue weighted by Gasteiger charge is 2.10. The normalized spacial score (nSPS) is 10.9. The Morgan fingerprint density at radius 3 is 2.67 bits per heavy atom. The van der Waals surface area contributed by atoms with E-state index in [1.165, 1.54) is 0 Å².